The molecular formula is C20H20Br2N2O2. The van der Waals surface area contributed by atoms with Crippen LogP contribution in [0.25, 0.3) is 0 Å². The highest BCUT2D eigenvalue weighted by Crippen LogP contribution is 2.20. The van der Waals surface area contributed by atoms with Gasteiger partial charge in [0.25, 0.3) is 5.91 Å². The van der Waals surface area contributed by atoms with Gasteiger partial charge in [0.1, 0.15) is 0 Å². The van der Waals surface area contributed by atoms with Gasteiger partial charge < -0.3 is 10.2 Å². The zero-order chi connectivity index (χ0) is 18.5. The summed E-state index contributed by atoms with van der Waals surface area (Å²) in [5, 5.41) is 3.01. The summed E-state index contributed by atoms with van der Waals surface area (Å²) < 4.78 is 1.96. The van der Waals surface area contributed by atoms with E-state index < -0.39 is 0 Å². The molecule has 0 unspecified atom stereocenters. The third-order valence-corrected chi connectivity index (χ3v) is 5.62. The van der Waals surface area contributed by atoms with Gasteiger partial charge in [-0.05, 0) is 54.8 Å². The molecule has 0 atom stereocenters. The van der Waals surface area contributed by atoms with Crippen molar-refractivity contribution in [2.75, 3.05) is 13.1 Å². The molecule has 1 N–H and O–H groups in total. The molecule has 0 aromatic heterocycles. The lowest BCUT2D eigenvalue weighted by atomic mass is 9.95. The second-order valence-electron chi connectivity index (χ2n) is 6.42. The maximum Gasteiger partial charge on any atom is 0.253 e. The summed E-state index contributed by atoms with van der Waals surface area (Å²) in [5.74, 6) is 0.0716. The van der Waals surface area contributed by atoms with Gasteiger partial charge >= 0.3 is 0 Å². The van der Waals surface area contributed by atoms with Crippen molar-refractivity contribution in [2.24, 2.45) is 5.92 Å². The summed E-state index contributed by atoms with van der Waals surface area (Å²) in [5.41, 5.74) is 1.75. The fourth-order valence-electron chi connectivity index (χ4n) is 3.10. The van der Waals surface area contributed by atoms with E-state index in [4.69, 9.17) is 0 Å². The van der Waals surface area contributed by atoms with Crippen LogP contribution in [-0.4, -0.2) is 29.8 Å². The highest BCUT2D eigenvalue weighted by Gasteiger charge is 2.27. The SMILES string of the molecule is O=C(NCc1cccc(Br)c1)C1CCN(C(=O)c2ccc(Br)cc2)CC1. The van der Waals surface area contributed by atoms with E-state index in [1.165, 1.54) is 0 Å². The van der Waals surface area contributed by atoms with Gasteiger partial charge in [0.2, 0.25) is 5.91 Å². The Morgan fingerprint density at radius 2 is 1.69 bits per heavy atom. The van der Waals surface area contributed by atoms with E-state index in [9.17, 15) is 9.59 Å². The molecule has 2 amide bonds. The van der Waals surface area contributed by atoms with Gasteiger partial charge in [-0.25, -0.2) is 0 Å². The smallest absolute Gasteiger partial charge is 0.253 e. The molecular weight excluding hydrogens is 460 g/mol. The van der Waals surface area contributed by atoms with E-state index in [1.54, 1.807) is 0 Å². The van der Waals surface area contributed by atoms with Crippen molar-refractivity contribution >= 4 is 43.7 Å². The minimum atomic E-state index is -0.0314. The van der Waals surface area contributed by atoms with Gasteiger partial charge in [0.15, 0.2) is 0 Å². The van der Waals surface area contributed by atoms with Crippen molar-refractivity contribution in [3.05, 3.63) is 68.6 Å². The average Bonchev–Trinajstić information content (AvgIpc) is 2.66. The minimum absolute atomic E-state index is 0.0314. The quantitative estimate of drug-likeness (QED) is 0.707. The number of nitrogens with zero attached hydrogens (tertiary/aromatic N) is 1. The molecule has 1 fully saturated rings. The molecule has 3 rings (SSSR count). The van der Waals surface area contributed by atoms with Crippen LogP contribution in [0, 0.1) is 5.92 Å². The topological polar surface area (TPSA) is 49.4 Å². The molecule has 26 heavy (non-hydrogen) atoms. The Morgan fingerprint density at radius 3 is 2.35 bits per heavy atom. The molecule has 2 aromatic carbocycles. The van der Waals surface area contributed by atoms with E-state index in [-0.39, 0.29) is 17.7 Å². The van der Waals surface area contributed by atoms with E-state index in [1.807, 2.05) is 53.4 Å². The van der Waals surface area contributed by atoms with Crippen LogP contribution in [0.3, 0.4) is 0 Å². The van der Waals surface area contributed by atoms with Crippen LogP contribution in [0.5, 0.6) is 0 Å². The van der Waals surface area contributed by atoms with Gasteiger partial charge in [-0.1, -0.05) is 44.0 Å². The van der Waals surface area contributed by atoms with Crippen LogP contribution in [0.2, 0.25) is 0 Å². The molecule has 6 heteroatoms. The minimum Gasteiger partial charge on any atom is -0.352 e. The van der Waals surface area contributed by atoms with Gasteiger partial charge in [-0.3, -0.25) is 9.59 Å². The average molecular weight is 480 g/mol. The van der Waals surface area contributed by atoms with Crippen LogP contribution in [0.1, 0.15) is 28.8 Å². The van der Waals surface area contributed by atoms with Gasteiger partial charge in [-0.2, -0.15) is 0 Å². The number of carbonyl (C=O) groups excluding carboxylic acids is 2. The number of amides is 2. The summed E-state index contributed by atoms with van der Waals surface area (Å²) in [6.45, 7) is 1.75. The summed E-state index contributed by atoms with van der Waals surface area (Å²) in [4.78, 5) is 26.8. The molecule has 1 aliphatic heterocycles. The second kappa shape index (κ2) is 8.82. The zero-order valence-corrected chi connectivity index (χ0v) is 17.4. The molecule has 4 nitrogen and oxygen atoms in total. The van der Waals surface area contributed by atoms with Crippen LogP contribution in [-0.2, 0) is 11.3 Å². The van der Waals surface area contributed by atoms with Crippen molar-refractivity contribution in [1.82, 2.24) is 10.2 Å². The number of nitrogens with one attached hydrogen (secondary N) is 1. The van der Waals surface area contributed by atoms with E-state index in [0.717, 1.165) is 14.5 Å². The fraction of sp³-hybridized carbons (Fsp3) is 0.300. The number of hydrogen-bond acceptors (Lipinski definition) is 2. The Labute approximate surface area is 170 Å². The lowest BCUT2D eigenvalue weighted by Gasteiger charge is -2.31. The van der Waals surface area contributed by atoms with Crippen LogP contribution in [0.4, 0.5) is 0 Å². The van der Waals surface area contributed by atoms with Crippen LogP contribution >= 0.6 is 31.9 Å². The first-order chi connectivity index (χ1) is 12.5. The Morgan fingerprint density at radius 1 is 1.00 bits per heavy atom. The van der Waals surface area contributed by atoms with Gasteiger partial charge in [0, 0.05) is 40.1 Å². The molecule has 0 spiro atoms. The molecule has 1 heterocycles. The van der Waals surface area contributed by atoms with Crippen molar-refractivity contribution < 1.29 is 9.59 Å². The number of rotatable bonds is 4. The summed E-state index contributed by atoms with van der Waals surface area (Å²) in [6.07, 6.45) is 1.40. The summed E-state index contributed by atoms with van der Waals surface area (Å²) in [7, 11) is 0. The molecule has 0 saturated carbocycles. The second-order valence-corrected chi connectivity index (χ2v) is 8.25. The standard InChI is InChI=1S/C20H20Br2N2O2/c21-17-6-4-16(5-7-17)20(26)24-10-8-15(9-11-24)19(25)23-13-14-2-1-3-18(22)12-14/h1-7,12,15H,8-11,13H2,(H,23,25). The molecule has 0 radical (unpaired) electrons. The molecule has 136 valence electrons. The molecule has 1 aliphatic rings. The third kappa shape index (κ3) is 4.95. The van der Waals surface area contributed by atoms with Crippen molar-refractivity contribution in [1.29, 1.82) is 0 Å². The molecule has 2 aromatic rings. The summed E-state index contributed by atoms with van der Waals surface area (Å²) in [6, 6.07) is 15.3. The zero-order valence-electron chi connectivity index (χ0n) is 14.3. The maximum atomic E-state index is 12.5. The molecule has 0 aliphatic carbocycles. The highest BCUT2D eigenvalue weighted by molar-refractivity contribution is 9.10. The van der Waals surface area contributed by atoms with Gasteiger partial charge in [-0.15, -0.1) is 0 Å². The number of benzene rings is 2. The van der Waals surface area contributed by atoms with E-state index in [2.05, 4.69) is 37.2 Å². The Hall–Kier alpha value is -1.66. The number of hydrogen-bond donors (Lipinski definition) is 1. The number of likely N-dealkylation sites (tertiary alicyclic amines) is 1. The fourth-order valence-corrected chi connectivity index (χ4v) is 3.81. The number of carbonyl (C=O) groups is 2. The third-order valence-electron chi connectivity index (χ3n) is 4.60. The maximum absolute atomic E-state index is 12.5. The Kier molecular flexibility index (Phi) is 6.48. The van der Waals surface area contributed by atoms with Crippen molar-refractivity contribution in [2.45, 2.75) is 19.4 Å². The molecule has 1 saturated heterocycles. The Balaban J connectivity index is 1.49. The van der Waals surface area contributed by atoms with Crippen LogP contribution < -0.4 is 5.32 Å². The van der Waals surface area contributed by atoms with E-state index >= 15 is 0 Å². The Bertz CT molecular complexity index is 785. The van der Waals surface area contributed by atoms with Crippen molar-refractivity contribution in [3.63, 3.8) is 0 Å². The highest BCUT2D eigenvalue weighted by atomic mass is 79.9. The van der Waals surface area contributed by atoms with Crippen molar-refractivity contribution in [3.8, 4) is 0 Å². The lowest BCUT2D eigenvalue weighted by molar-refractivity contribution is -0.126. The predicted molar refractivity (Wildman–Crippen MR) is 109 cm³/mol. The first kappa shape index (κ1) is 19.1. The largest absolute Gasteiger partial charge is 0.352 e. The number of piperidine rings is 1. The normalized spacial score (nSPS) is 14.9. The number of halogens is 2. The van der Waals surface area contributed by atoms with Gasteiger partial charge in [0.05, 0.1) is 0 Å². The summed E-state index contributed by atoms with van der Waals surface area (Å²) >= 11 is 6.81. The lowest BCUT2D eigenvalue weighted by Crippen LogP contribution is -2.42. The monoisotopic (exact) mass is 478 g/mol. The first-order valence-corrected chi connectivity index (χ1v) is 10.2. The molecule has 0 bridgehead atoms. The van der Waals surface area contributed by atoms with E-state index in [0.29, 0.717) is 38.0 Å². The first-order valence-electron chi connectivity index (χ1n) is 8.60. The predicted octanol–water partition coefficient (Wildman–Crippen LogP) is 4.38. The van der Waals surface area contributed by atoms with Crippen LogP contribution in [0.15, 0.2) is 57.5 Å².